The number of aryl methyl sites for hydroxylation is 1. The van der Waals surface area contributed by atoms with Crippen molar-refractivity contribution < 1.29 is 34.7 Å². The van der Waals surface area contributed by atoms with E-state index in [2.05, 4.69) is 0 Å². The molecule has 1 nitrogen and oxygen atoms in total. The van der Waals surface area contributed by atoms with Crippen LogP contribution in [0.1, 0.15) is 5.56 Å². The third-order valence-electron chi connectivity index (χ3n) is 1.09. The van der Waals surface area contributed by atoms with Crippen LogP contribution in [0, 0.1) is 6.92 Å². The van der Waals surface area contributed by atoms with Crippen LogP contribution in [0.3, 0.4) is 0 Å². The van der Waals surface area contributed by atoms with Crippen molar-refractivity contribution in [2.75, 3.05) is 0 Å². The van der Waals surface area contributed by atoms with Gasteiger partial charge in [0.1, 0.15) is 0 Å². The summed E-state index contributed by atoms with van der Waals surface area (Å²) in [5.41, 5.74) is 1.01. The van der Waals surface area contributed by atoms with Crippen molar-refractivity contribution in [1.82, 2.24) is 0 Å². The zero-order valence-electron chi connectivity index (χ0n) is 6.02. The monoisotopic (exact) mass is 164 g/mol. The molecule has 0 atom stereocenters. The van der Waals surface area contributed by atoms with Crippen LogP contribution < -0.4 is 34.7 Å². The number of benzene rings is 1. The van der Waals surface area contributed by atoms with Crippen LogP contribution in [0.2, 0.25) is 5.02 Å². The van der Waals surface area contributed by atoms with E-state index in [1.807, 2.05) is 6.92 Å². The molecule has 0 unspecified atom stereocenters. The van der Waals surface area contributed by atoms with Crippen LogP contribution >= 0.6 is 11.6 Å². The fourth-order valence-corrected chi connectivity index (χ4v) is 0.841. The van der Waals surface area contributed by atoms with E-state index in [4.69, 9.17) is 11.6 Å². The average Bonchev–Trinajstić information content (AvgIpc) is 1.80. The van der Waals surface area contributed by atoms with Gasteiger partial charge >= 0.3 is 29.6 Å². The zero-order valence-corrected chi connectivity index (χ0v) is 8.77. The van der Waals surface area contributed by atoms with Gasteiger partial charge in [-0.2, -0.15) is 0 Å². The molecule has 0 saturated carbocycles. The summed E-state index contributed by atoms with van der Waals surface area (Å²) in [6.45, 7) is 1.89. The first-order valence-electron chi connectivity index (χ1n) is 2.63. The average molecular weight is 165 g/mol. The van der Waals surface area contributed by atoms with E-state index in [0.29, 0.717) is 5.02 Å². The van der Waals surface area contributed by atoms with Crippen molar-refractivity contribution in [3.05, 3.63) is 28.8 Å². The predicted molar refractivity (Wildman–Crippen MR) is 35.6 cm³/mol. The largest absolute Gasteiger partial charge is 1.00 e. The quantitative estimate of drug-likeness (QED) is 0.439. The summed E-state index contributed by atoms with van der Waals surface area (Å²) in [4.78, 5) is 0. The van der Waals surface area contributed by atoms with E-state index in [1.54, 1.807) is 12.1 Å². The fourth-order valence-electron chi connectivity index (χ4n) is 0.606. The van der Waals surface area contributed by atoms with Gasteiger partial charge in [0.05, 0.1) is 0 Å². The summed E-state index contributed by atoms with van der Waals surface area (Å²) in [5.74, 6) is -0.109. The van der Waals surface area contributed by atoms with E-state index in [-0.39, 0.29) is 35.3 Å². The van der Waals surface area contributed by atoms with Gasteiger partial charge in [-0.3, -0.25) is 0 Å². The molecule has 48 valence electrons. The molecule has 10 heavy (non-hydrogen) atoms. The molecule has 1 aromatic carbocycles. The van der Waals surface area contributed by atoms with Crippen LogP contribution in [-0.2, 0) is 0 Å². The number of halogens is 1. The van der Waals surface area contributed by atoms with Gasteiger partial charge in [0.15, 0.2) is 0 Å². The second-order valence-electron chi connectivity index (χ2n) is 1.93. The Balaban J connectivity index is 0.000000810. The second-order valence-corrected chi connectivity index (χ2v) is 2.34. The van der Waals surface area contributed by atoms with Gasteiger partial charge < -0.3 is 5.11 Å². The molecular formula is C7H6ClNaO. The number of rotatable bonds is 0. The molecule has 0 aliphatic heterocycles. The summed E-state index contributed by atoms with van der Waals surface area (Å²) in [7, 11) is 0. The van der Waals surface area contributed by atoms with Gasteiger partial charge in [-0.05, 0) is 18.6 Å². The maximum absolute atomic E-state index is 10.6. The molecule has 0 aromatic heterocycles. The molecule has 0 radical (unpaired) electrons. The van der Waals surface area contributed by atoms with Crippen LogP contribution in [0.5, 0.6) is 5.75 Å². The van der Waals surface area contributed by atoms with E-state index in [0.717, 1.165) is 5.56 Å². The number of hydrogen-bond donors (Lipinski definition) is 0. The fraction of sp³-hybridized carbons (Fsp3) is 0.143. The van der Waals surface area contributed by atoms with Crippen LogP contribution in [0.4, 0.5) is 0 Å². The topological polar surface area (TPSA) is 23.1 Å². The molecule has 0 amide bonds. The van der Waals surface area contributed by atoms with Crippen molar-refractivity contribution in [2.24, 2.45) is 0 Å². The van der Waals surface area contributed by atoms with Crippen molar-refractivity contribution >= 4 is 11.6 Å². The molecule has 0 bridgehead atoms. The first-order chi connectivity index (χ1) is 4.20. The van der Waals surface area contributed by atoms with Crippen molar-refractivity contribution in [1.29, 1.82) is 0 Å². The first-order valence-corrected chi connectivity index (χ1v) is 3.01. The summed E-state index contributed by atoms with van der Waals surface area (Å²) < 4.78 is 0. The van der Waals surface area contributed by atoms with Crippen molar-refractivity contribution in [3.63, 3.8) is 0 Å². The van der Waals surface area contributed by atoms with Gasteiger partial charge in [0, 0.05) is 5.02 Å². The Labute approximate surface area is 87.3 Å². The molecule has 3 heteroatoms. The molecule has 0 heterocycles. The van der Waals surface area contributed by atoms with E-state index >= 15 is 0 Å². The SMILES string of the molecule is Cc1ccc([O-])c(Cl)c1.[Na+]. The molecule has 0 aliphatic rings. The minimum atomic E-state index is -0.109. The number of hydrogen-bond acceptors (Lipinski definition) is 1. The maximum Gasteiger partial charge on any atom is 1.00 e. The van der Waals surface area contributed by atoms with E-state index in [1.165, 1.54) is 6.07 Å². The Kier molecular flexibility index (Phi) is 4.37. The Bertz CT molecular complexity index is 225. The summed E-state index contributed by atoms with van der Waals surface area (Å²) >= 11 is 5.50. The van der Waals surface area contributed by atoms with Gasteiger partial charge in [0.25, 0.3) is 0 Å². The summed E-state index contributed by atoms with van der Waals surface area (Å²) in [6, 6.07) is 4.87. The van der Waals surface area contributed by atoms with Crippen molar-refractivity contribution in [3.8, 4) is 5.75 Å². The van der Waals surface area contributed by atoms with Gasteiger partial charge in [-0.25, -0.2) is 0 Å². The van der Waals surface area contributed by atoms with E-state index in [9.17, 15) is 5.11 Å². The van der Waals surface area contributed by atoms with Crippen LogP contribution in [0.25, 0.3) is 0 Å². The summed E-state index contributed by atoms with van der Waals surface area (Å²) in [5, 5.41) is 10.9. The van der Waals surface area contributed by atoms with Gasteiger partial charge in [-0.15, -0.1) is 0 Å². The molecule has 0 spiro atoms. The molecule has 0 saturated heterocycles. The Morgan fingerprint density at radius 1 is 1.40 bits per heavy atom. The Morgan fingerprint density at radius 2 is 2.00 bits per heavy atom. The van der Waals surface area contributed by atoms with Crippen molar-refractivity contribution in [2.45, 2.75) is 6.92 Å². The minimum absolute atomic E-state index is 0. The molecule has 1 rings (SSSR count). The molecule has 0 aliphatic carbocycles. The van der Waals surface area contributed by atoms with Gasteiger partial charge in [0.2, 0.25) is 0 Å². The predicted octanol–water partition coefficient (Wildman–Crippen LogP) is -1.27. The molecule has 0 fully saturated rings. The van der Waals surface area contributed by atoms with Crippen LogP contribution in [-0.4, -0.2) is 0 Å². The third-order valence-corrected chi connectivity index (χ3v) is 1.38. The summed E-state index contributed by atoms with van der Waals surface area (Å²) in [6.07, 6.45) is 0. The zero-order chi connectivity index (χ0) is 6.85. The molecular weight excluding hydrogens is 159 g/mol. The standard InChI is InChI=1S/C7H7ClO.Na/c1-5-2-3-7(9)6(8)4-5;/h2-4,9H,1H3;/q;+1/p-1. The normalized spacial score (nSPS) is 8.60. The minimum Gasteiger partial charge on any atom is -0.871 e. The molecule has 0 N–H and O–H groups in total. The first kappa shape index (κ1) is 10.3. The third kappa shape index (κ3) is 2.51. The maximum atomic E-state index is 10.6. The van der Waals surface area contributed by atoms with Crippen LogP contribution in [0.15, 0.2) is 18.2 Å². The van der Waals surface area contributed by atoms with Gasteiger partial charge in [-0.1, -0.05) is 29.5 Å². The molecule has 1 aromatic rings. The smallest absolute Gasteiger partial charge is 0.871 e. The van der Waals surface area contributed by atoms with E-state index < -0.39 is 0 Å². The Morgan fingerprint density at radius 3 is 2.40 bits per heavy atom. The second kappa shape index (κ2) is 4.24. The Hall–Kier alpha value is 0.310.